The van der Waals surface area contributed by atoms with E-state index in [2.05, 4.69) is 41.8 Å². The Hall–Kier alpha value is -3.30. The van der Waals surface area contributed by atoms with Crippen molar-refractivity contribution in [1.29, 1.82) is 0 Å². The monoisotopic (exact) mass is 481 g/mol. The molecule has 35 heavy (non-hydrogen) atoms. The molecule has 1 aromatic carbocycles. The first kappa shape index (κ1) is 24.8. The topological polar surface area (TPSA) is 93.4 Å². The van der Waals surface area contributed by atoms with Crippen LogP contribution in [-0.4, -0.2) is 72.3 Å². The van der Waals surface area contributed by atoms with Crippen LogP contribution in [0.4, 0.5) is 5.82 Å². The van der Waals surface area contributed by atoms with Crippen molar-refractivity contribution in [2.75, 3.05) is 45.3 Å². The third-order valence-electron chi connectivity index (χ3n) is 6.15. The molecule has 2 atom stereocenters. The van der Waals surface area contributed by atoms with Gasteiger partial charge in [-0.3, -0.25) is 0 Å². The van der Waals surface area contributed by atoms with E-state index in [1.807, 2.05) is 28.9 Å². The minimum absolute atomic E-state index is 0.0974. The third-order valence-corrected chi connectivity index (χ3v) is 6.15. The Bertz CT molecular complexity index is 1160. The number of fused-ring (bicyclic) bond motifs is 1. The summed E-state index contributed by atoms with van der Waals surface area (Å²) in [5, 5.41) is 17.7. The van der Waals surface area contributed by atoms with Crippen molar-refractivity contribution in [3.05, 3.63) is 48.9 Å². The molecule has 1 saturated heterocycles. The van der Waals surface area contributed by atoms with E-state index in [1.165, 1.54) is 6.26 Å². The number of aliphatic hydroxyl groups is 1. The quantitative estimate of drug-likeness (QED) is 0.403. The number of anilines is 1. The maximum atomic E-state index is 10.1. The number of benzene rings is 1. The molecule has 1 fully saturated rings. The van der Waals surface area contributed by atoms with E-state index in [0.717, 1.165) is 47.8 Å². The Labute approximate surface area is 206 Å². The normalized spacial score (nSPS) is 16.6. The standard InChI is InChI=1S/C26H35N5O4/c1-6-34-20-7-8-30(15-20)25-12-24(29-26-23(17(2)3)14-28-31(25)26)18-9-21(33-5)11-22(10-18)35-16-19(32)13-27-4/h6,9-12,14,17,19-20,27,32H,1,7-8,13,15-16H2,2-5H3. The number of aromatic nitrogens is 3. The highest BCUT2D eigenvalue weighted by molar-refractivity contribution is 5.71. The number of nitrogens with zero attached hydrogens (tertiary/aromatic N) is 4. The van der Waals surface area contributed by atoms with E-state index in [1.54, 1.807) is 14.2 Å². The maximum absolute atomic E-state index is 10.1. The van der Waals surface area contributed by atoms with Crippen molar-refractivity contribution in [1.82, 2.24) is 19.9 Å². The number of hydrogen-bond donors (Lipinski definition) is 2. The molecular weight excluding hydrogens is 446 g/mol. The van der Waals surface area contributed by atoms with Gasteiger partial charge in [0.25, 0.3) is 0 Å². The Morgan fingerprint density at radius 3 is 2.77 bits per heavy atom. The number of rotatable bonds is 11. The number of ether oxygens (including phenoxy) is 3. The summed E-state index contributed by atoms with van der Waals surface area (Å²) in [4.78, 5) is 7.28. The smallest absolute Gasteiger partial charge is 0.161 e. The lowest BCUT2D eigenvalue weighted by molar-refractivity contribution is 0.108. The molecule has 0 amide bonds. The second-order valence-corrected chi connectivity index (χ2v) is 9.07. The highest BCUT2D eigenvalue weighted by Gasteiger charge is 2.27. The van der Waals surface area contributed by atoms with Crippen LogP contribution in [0, 0.1) is 0 Å². The predicted octanol–water partition coefficient (Wildman–Crippen LogP) is 3.23. The van der Waals surface area contributed by atoms with E-state index in [9.17, 15) is 5.11 Å². The van der Waals surface area contributed by atoms with Gasteiger partial charge >= 0.3 is 0 Å². The summed E-state index contributed by atoms with van der Waals surface area (Å²) >= 11 is 0. The van der Waals surface area contributed by atoms with Crippen LogP contribution >= 0.6 is 0 Å². The Balaban J connectivity index is 1.76. The summed E-state index contributed by atoms with van der Waals surface area (Å²) in [5.74, 6) is 2.50. The van der Waals surface area contributed by atoms with E-state index >= 15 is 0 Å². The summed E-state index contributed by atoms with van der Waals surface area (Å²) in [6, 6.07) is 7.73. The first-order chi connectivity index (χ1) is 16.9. The van der Waals surface area contributed by atoms with Gasteiger partial charge in [0.05, 0.1) is 31.8 Å². The molecule has 188 valence electrons. The number of aliphatic hydroxyl groups excluding tert-OH is 1. The first-order valence-corrected chi connectivity index (χ1v) is 12.0. The molecule has 3 heterocycles. The zero-order valence-electron chi connectivity index (χ0n) is 20.9. The van der Waals surface area contributed by atoms with Crippen molar-refractivity contribution in [3.8, 4) is 22.8 Å². The van der Waals surface area contributed by atoms with Gasteiger partial charge < -0.3 is 29.5 Å². The van der Waals surface area contributed by atoms with Crippen LogP contribution in [-0.2, 0) is 4.74 Å². The van der Waals surface area contributed by atoms with Gasteiger partial charge in [-0.1, -0.05) is 20.4 Å². The van der Waals surface area contributed by atoms with Crippen LogP contribution in [0.2, 0.25) is 0 Å². The molecule has 4 rings (SSSR count). The summed E-state index contributed by atoms with van der Waals surface area (Å²) < 4.78 is 19.0. The molecule has 0 aliphatic carbocycles. The van der Waals surface area contributed by atoms with Gasteiger partial charge in [-0.2, -0.15) is 9.61 Å². The minimum atomic E-state index is -0.614. The molecule has 0 spiro atoms. The fourth-order valence-electron chi connectivity index (χ4n) is 4.34. The van der Waals surface area contributed by atoms with Crippen molar-refractivity contribution in [3.63, 3.8) is 0 Å². The van der Waals surface area contributed by atoms with E-state index < -0.39 is 6.10 Å². The third kappa shape index (κ3) is 5.52. The van der Waals surface area contributed by atoms with Crippen LogP contribution in [0.15, 0.2) is 43.3 Å². The van der Waals surface area contributed by atoms with Gasteiger partial charge in [0.2, 0.25) is 0 Å². The average molecular weight is 482 g/mol. The lowest BCUT2D eigenvalue weighted by Crippen LogP contribution is -2.29. The predicted molar refractivity (Wildman–Crippen MR) is 136 cm³/mol. The van der Waals surface area contributed by atoms with Crippen LogP contribution in [0.5, 0.6) is 11.5 Å². The highest BCUT2D eigenvalue weighted by Crippen LogP contribution is 2.34. The SMILES string of the molecule is C=COC1CCN(c2cc(-c3cc(OC)cc(OCC(O)CNC)c3)nc3c(C(C)C)cnn23)C1. The molecule has 9 nitrogen and oxygen atoms in total. The van der Waals surface area contributed by atoms with Gasteiger partial charge in [-0.15, -0.1) is 0 Å². The van der Waals surface area contributed by atoms with Gasteiger partial charge in [-0.05, 0) is 25.1 Å². The fraction of sp³-hybridized carbons (Fsp3) is 0.462. The van der Waals surface area contributed by atoms with Crippen molar-refractivity contribution >= 4 is 11.5 Å². The molecule has 0 radical (unpaired) electrons. The lowest BCUT2D eigenvalue weighted by atomic mass is 10.1. The summed E-state index contributed by atoms with van der Waals surface area (Å²) in [6.45, 7) is 10.2. The van der Waals surface area contributed by atoms with Gasteiger partial charge in [0.1, 0.15) is 36.1 Å². The summed E-state index contributed by atoms with van der Waals surface area (Å²) in [5.41, 5.74) is 3.57. The van der Waals surface area contributed by atoms with Crippen LogP contribution in [0.3, 0.4) is 0 Å². The largest absolute Gasteiger partial charge is 0.497 e. The van der Waals surface area contributed by atoms with Crippen LogP contribution in [0.1, 0.15) is 31.7 Å². The molecule has 0 bridgehead atoms. The second-order valence-electron chi connectivity index (χ2n) is 9.07. The first-order valence-electron chi connectivity index (χ1n) is 12.0. The molecule has 3 aromatic rings. The van der Waals surface area contributed by atoms with Crippen molar-refractivity contribution < 1.29 is 19.3 Å². The number of methoxy groups -OCH3 is 1. The molecule has 0 saturated carbocycles. The Morgan fingerprint density at radius 1 is 1.26 bits per heavy atom. The molecular formula is C26H35N5O4. The number of hydrogen-bond acceptors (Lipinski definition) is 8. The van der Waals surface area contributed by atoms with Crippen molar-refractivity contribution in [2.45, 2.75) is 38.4 Å². The second kappa shape index (κ2) is 11.0. The highest BCUT2D eigenvalue weighted by atomic mass is 16.5. The zero-order chi connectivity index (χ0) is 24.9. The van der Waals surface area contributed by atoms with E-state index in [4.69, 9.17) is 19.2 Å². The molecule has 1 aliphatic heterocycles. The van der Waals surface area contributed by atoms with E-state index in [-0.39, 0.29) is 18.6 Å². The van der Waals surface area contributed by atoms with Gasteiger partial charge in [-0.25, -0.2) is 4.98 Å². The van der Waals surface area contributed by atoms with E-state index in [0.29, 0.717) is 18.0 Å². The molecule has 1 aliphatic rings. The number of nitrogens with one attached hydrogen (secondary N) is 1. The summed E-state index contributed by atoms with van der Waals surface area (Å²) in [7, 11) is 3.42. The Kier molecular flexibility index (Phi) is 7.77. The summed E-state index contributed by atoms with van der Waals surface area (Å²) in [6.07, 6.45) is 3.81. The molecule has 2 N–H and O–H groups in total. The van der Waals surface area contributed by atoms with Crippen LogP contribution < -0.4 is 19.7 Å². The molecule has 9 heteroatoms. The zero-order valence-corrected chi connectivity index (χ0v) is 20.9. The average Bonchev–Trinajstić information content (AvgIpc) is 3.49. The minimum Gasteiger partial charge on any atom is -0.497 e. The maximum Gasteiger partial charge on any atom is 0.161 e. The molecule has 2 aromatic heterocycles. The fourth-order valence-corrected chi connectivity index (χ4v) is 4.34. The lowest BCUT2D eigenvalue weighted by Gasteiger charge is -2.21. The molecule has 2 unspecified atom stereocenters. The van der Waals surface area contributed by atoms with Crippen molar-refractivity contribution in [2.24, 2.45) is 0 Å². The van der Waals surface area contributed by atoms with Crippen LogP contribution in [0.25, 0.3) is 16.9 Å². The number of likely N-dealkylation sites (N-methyl/N-ethyl adjacent to an activating group) is 1. The van der Waals surface area contributed by atoms with Gasteiger partial charge in [0, 0.05) is 42.8 Å². The Morgan fingerprint density at radius 2 is 2.06 bits per heavy atom. The van der Waals surface area contributed by atoms with Gasteiger partial charge in [0.15, 0.2) is 5.65 Å².